The molecule has 1 fully saturated rings. The Morgan fingerprint density at radius 1 is 1.22 bits per heavy atom. The maximum atomic E-state index is 12.9. The van der Waals surface area contributed by atoms with Gasteiger partial charge >= 0.3 is 0 Å². The van der Waals surface area contributed by atoms with Crippen molar-refractivity contribution in [2.24, 2.45) is 5.92 Å². The maximum Gasteiger partial charge on any atom is 0.249 e. The highest BCUT2D eigenvalue weighted by Crippen LogP contribution is 2.42. The van der Waals surface area contributed by atoms with Gasteiger partial charge in [0.1, 0.15) is 0 Å². The highest BCUT2D eigenvalue weighted by molar-refractivity contribution is 5.79. The van der Waals surface area contributed by atoms with Gasteiger partial charge in [0.15, 0.2) is 0 Å². The molecule has 2 aromatic rings. The molecular formula is C19H23F2N5O. The van der Waals surface area contributed by atoms with Crippen molar-refractivity contribution in [2.45, 2.75) is 44.3 Å². The van der Waals surface area contributed by atoms with Gasteiger partial charge in [0, 0.05) is 63.5 Å². The molecule has 1 saturated carbocycles. The topological polar surface area (TPSA) is 63.1 Å². The van der Waals surface area contributed by atoms with E-state index in [1.807, 2.05) is 22.9 Å². The summed E-state index contributed by atoms with van der Waals surface area (Å²) in [6.45, 7) is 2.94. The highest BCUT2D eigenvalue weighted by atomic mass is 19.3. The number of fused-ring (bicyclic) bond motifs is 1. The van der Waals surface area contributed by atoms with Crippen LogP contribution in [0.15, 0.2) is 36.8 Å². The van der Waals surface area contributed by atoms with Crippen LogP contribution in [0.3, 0.4) is 0 Å². The number of rotatable bonds is 6. The Bertz CT molecular complexity index is 786. The third-order valence-electron chi connectivity index (χ3n) is 5.35. The molecule has 2 aliphatic rings. The summed E-state index contributed by atoms with van der Waals surface area (Å²) in [5.41, 5.74) is 2.35. The molecular weight excluding hydrogens is 352 g/mol. The van der Waals surface area contributed by atoms with Gasteiger partial charge in [-0.3, -0.25) is 19.4 Å². The van der Waals surface area contributed by atoms with Gasteiger partial charge < -0.3 is 5.32 Å². The van der Waals surface area contributed by atoms with E-state index in [4.69, 9.17) is 0 Å². The molecule has 0 radical (unpaired) electrons. The van der Waals surface area contributed by atoms with Crippen LogP contribution in [0.2, 0.25) is 0 Å². The number of aromatic nitrogens is 3. The fourth-order valence-corrected chi connectivity index (χ4v) is 3.90. The second kappa shape index (κ2) is 7.34. The van der Waals surface area contributed by atoms with Crippen molar-refractivity contribution in [1.82, 2.24) is 25.0 Å². The second-order valence-electron chi connectivity index (χ2n) is 7.49. The van der Waals surface area contributed by atoms with Crippen LogP contribution in [0.4, 0.5) is 8.78 Å². The van der Waals surface area contributed by atoms with Crippen molar-refractivity contribution in [3.8, 4) is 0 Å². The molecule has 6 nitrogen and oxygen atoms in total. The van der Waals surface area contributed by atoms with Gasteiger partial charge in [-0.2, -0.15) is 5.10 Å². The Kier molecular flexibility index (Phi) is 4.90. The molecule has 1 aliphatic heterocycles. The number of carbonyl (C=O) groups is 1. The number of amides is 1. The van der Waals surface area contributed by atoms with E-state index < -0.39 is 11.8 Å². The van der Waals surface area contributed by atoms with Crippen molar-refractivity contribution >= 4 is 5.91 Å². The Hall–Kier alpha value is -2.35. The molecule has 27 heavy (non-hydrogen) atoms. The van der Waals surface area contributed by atoms with Crippen LogP contribution in [0.1, 0.15) is 36.6 Å². The highest BCUT2D eigenvalue weighted by Gasteiger charge is 2.48. The molecule has 1 aliphatic carbocycles. The smallest absolute Gasteiger partial charge is 0.249 e. The Balaban J connectivity index is 1.32. The number of pyridine rings is 1. The molecule has 0 spiro atoms. The van der Waals surface area contributed by atoms with Crippen molar-refractivity contribution in [3.05, 3.63) is 48.0 Å². The van der Waals surface area contributed by atoms with Gasteiger partial charge in [-0.25, -0.2) is 8.78 Å². The van der Waals surface area contributed by atoms with Crippen LogP contribution in [0, 0.1) is 5.92 Å². The molecule has 0 aromatic carbocycles. The van der Waals surface area contributed by atoms with Gasteiger partial charge in [0.25, 0.3) is 0 Å². The lowest BCUT2D eigenvalue weighted by Crippen LogP contribution is -2.45. The Morgan fingerprint density at radius 3 is 2.74 bits per heavy atom. The van der Waals surface area contributed by atoms with E-state index in [-0.39, 0.29) is 24.8 Å². The number of nitrogens with one attached hydrogen (secondary N) is 1. The first kappa shape index (κ1) is 18.0. The van der Waals surface area contributed by atoms with Crippen LogP contribution in [0.5, 0.6) is 0 Å². The minimum atomic E-state index is -2.66. The number of halogens is 2. The van der Waals surface area contributed by atoms with Gasteiger partial charge in [0.2, 0.25) is 11.8 Å². The quantitative estimate of drug-likeness (QED) is 0.842. The summed E-state index contributed by atoms with van der Waals surface area (Å²) in [7, 11) is 0. The summed E-state index contributed by atoms with van der Waals surface area (Å²) >= 11 is 0. The third kappa shape index (κ3) is 4.16. The number of carbonyl (C=O) groups excluding carboxylic acids is 1. The predicted molar refractivity (Wildman–Crippen MR) is 94.9 cm³/mol. The van der Waals surface area contributed by atoms with Gasteiger partial charge in [-0.05, 0) is 30.2 Å². The van der Waals surface area contributed by atoms with Crippen molar-refractivity contribution in [3.63, 3.8) is 0 Å². The number of hydrogen-bond donors (Lipinski definition) is 1. The molecule has 2 aromatic heterocycles. The van der Waals surface area contributed by atoms with E-state index in [9.17, 15) is 13.6 Å². The van der Waals surface area contributed by atoms with Crippen molar-refractivity contribution < 1.29 is 13.6 Å². The van der Waals surface area contributed by atoms with Crippen LogP contribution in [-0.4, -0.2) is 44.6 Å². The Labute approximate surface area is 156 Å². The molecule has 0 saturated heterocycles. The SMILES string of the molecule is O=C(NCCC1CN(Cc2ccncc2)Cc2ccnn21)C1CC(F)(F)C1. The van der Waals surface area contributed by atoms with Gasteiger partial charge in [-0.1, -0.05) is 0 Å². The zero-order chi connectivity index (χ0) is 18.9. The molecule has 8 heteroatoms. The lowest BCUT2D eigenvalue weighted by Gasteiger charge is -2.35. The van der Waals surface area contributed by atoms with E-state index in [0.717, 1.165) is 31.7 Å². The minimum Gasteiger partial charge on any atom is -0.356 e. The minimum absolute atomic E-state index is 0.147. The standard InChI is InChI=1S/C19H23F2N5O/c20-19(21)9-15(10-19)18(27)23-7-3-16-12-25(11-14-1-5-22-6-2-14)13-17-4-8-24-26(16)17/h1-2,4-6,8,15-16H,3,7,9-13H2,(H,23,27). The van der Waals surface area contributed by atoms with E-state index in [1.54, 1.807) is 18.6 Å². The Morgan fingerprint density at radius 2 is 2.00 bits per heavy atom. The number of nitrogens with zero attached hydrogens (tertiary/aromatic N) is 4. The molecule has 3 heterocycles. The summed E-state index contributed by atoms with van der Waals surface area (Å²) < 4.78 is 27.8. The van der Waals surface area contributed by atoms with E-state index in [2.05, 4.69) is 20.3 Å². The average Bonchev–Trinajstić information content (AvgIpc) is 3.09. The van der Waals surface area contributed by atoms with Crippen LogP contribution >= 0.6 is 0 Å². The molecule has 1 unspecified atom stereocenters. The van der Waals surface area contributed by atoms with Gasteiger partial charge in [-0.15, -0.1) is 0 Å². The van der Waals surface area contributed by atoms with Crippen LogP contribution < -0.4 is 5.32 Å². The average molecular weight is 375 g/mol. The normalized spacial score (nSPS) is 22.1. The first-order valence-corrected chi connectivity index (χ1v) is 9.29. The fraction of sp³-hybridized carbons (Fsp3) is 0.526. The summed E-state index contributed by atoms with van der Waals surface area (Å²) in [6, 6.07) is 6.18. The summed E-state index contributed by atoms with van der Waals surface area (Å²) in [6.07, 6.45) is 5.45. The lowest BCUT2D eigenvalue weighted by atomic mass is 9.81. The third-order valence-corrected chi connectivity index (χ3v) is 5.35. The first-order chi connectivity index (χ1) is 13.0. The molecule has 1 N–H and O–H groups in total. The molecule has 1 amide bonds. The lowest BCUT2D eigenvalue weighted by molar-refractivity contribution is -0.150. The molecule has 4 rings (SSSR count). The first-order valence-electron chi connectivity index (χ1n) is 9.29. The summed E-state index contributed by atoms with van der Waals surface area (Å²) in [5.74, 6) is -3.47. The van der Waals surface area contributed by atoms with E-state index in [1.165, 1.54) is 5.56 Å². The zero-order valence-electron chi connectivity index (χ0n) is 15.0. The molecule has 1 atom stereocenters. The van der Waals surface area contributed by atoms with Crippen LogP contribution in [-0.2, 0) is 17.9 Å². The number of alkyl halides is 2. The number of hydrogen-bond acceptors (Lipinski definition) is 4. The predicted octanol–water partition coefficient (Wildman–Crippen LogP) is 2.39. The van der Waals surface area contributed by atoms with Crippen molar-refractivity contribution in [2.75, 3.05) is 13.1 Å². The van der Waals surface area contributed by atoms with E-state index in [0.29, 0.717) is 6.54 Å². The van der Waals surface area contributed by atoms with E-state index >= 15 is 0 Å². The molecule has 144 valence electrons. The summed E-state index contributed by atoms with van der Waals surface area (Å²) in [4.78, 5) is 18.4. The van der Waals surface area contributed by atoms with Gasteiger partial charge in [0.05, 0.1) is 11.7 Å². The zero-order valence-corrected chi connectivity index (χ0v) is 15.0. The van der Waals surface area contributed by atoms with Crippen molar-refractivity contribution in [1.29, 1.82) is 0 Å². The fourth-order valence-electron chi connectivity index (χ4n) is 3.90. The summed E-state index contributed by atoms with van der Waals surface area (Å²) in [5, 5.41) is 7.24. The van der Waals surface area contributed by atoms with Crippen LogP contribution in [0.25, 0.3) is 0 Å². The second-order valence-corrected chi connectivity index (χ2v) is 7.49. The molecule has 0 bridgehead atoms. The largest absolute Gasteiger partial charge is 0.356 e. The maximum absolute atomic E-state index is 12.9. The monoisotopic (exact) mass is 375 g/mol.